The molecule has 0 aliphatic carbocycles. The summed E-state index contributed by atoms with van der Waals surface area (Å²) in [6.07, 6.45) is 5.84. The van der Waals surface area contributed by atoms with Gasteiger partial charge in [0, 0.05) is 5.41 Å². The molecule has 0 spiro atoms. The average Bonchev–Trinajstić information content (AvgIpc) is 2.26. The third kappa shape index (κ3) is 5.56. The van der Waals surface area contributed by atoms with Crippen molar-refractivity contribution in [2.75, 3.05) is 0 Å². The first-order chi connectivity index (χ1) is 7.87. The number of unbranched alkanes of at least 4 members (excludes halogenated alkanes) is 4. The molecule has 0 aromatic carbocycles. The molecule has 18 heavy (non-hydrogen) atoms. The minimum atomic E-state index is -1.88. The second-order valence-electron chi connectivity index (χ2n) is 4.88. The molecule has 0 amide bonds. The van der Waals surface area contributed by atoms with Crippen molar-refractivity contribution in [2.45, 2.75) is 59.3 Å². The van der Waals surface area contributed by atoms with Crippen molar-refractivity contribution in [2.24, 2.45) is 11.3 Å². The molecular formula is C13H22MgO4. The van der Waals surface area contributed by atoms with Crippen LogP contribution in [0.5, 0.6) is 0 Å². The largest absolute Gasteiger partial charge is 2.00 e. The number of aliphatic carboxylic acids is 2. The summed E-state index contributed by atoms with van der Waals surface area (Å²) >= 11 is 0. The molecule has 0 aliphatic rings. The molecule has 0 heterocycles. The number of rotatable bonds is 9. The molecule has 100 valence electrons. The minimum Gasteiger partial charge on any atom is -0.549 e. The Kier molecular flexibility index (Phi) is 10.7. The Labute approximate surface area is 125 Å². The zero-order valence-corrected chi connectivity index (χ0v) is 13.1. The number of hydrogen-bond acceptors (Lipinski definition) is 4. The van der Waals surface area contributed by atoms with Crippen molar-refractivity contribution < 1.29 is 19.8 Å². The molecule has 1 unspecified atom stereocenters. The fraction of sp³-hybridized carbons (Fsp3) is 0.846. The molecule has 0 saturated carbocycles. The Bertz CT molecular complexity index is 252. The van der Waals surface area contributed by atoms with E-state index in [0.29, 0.717) is 6.42 Å². The summed E-state index contributed by atoms with van der Waals surface area (Å²) in [6.45, 7) is 4.92. The fourth-order valence-electron chi connectivity index (χ4n) is 1.83. The Morgan fingerprint density at radius 1 is 1.06 bits per heavy atom. The zero-order chi connectivity index (χ0) is 13.5. The summed E-state index contributed by atoms with van der Waals surface area (Å²) in [5.41, 5.74) is -1.88. The first-order valence-corrected chi connectivity index (χ1v) is 6.30. The smallest absolute Gasteiger partial charge is 0.549 e. The van der Waals surface area contributed by atoms with Gasteiger partial charge >= 0.3 is 23.1 Å². The van der Waals surface area contributed by atoms with E-state index in [2.05, 4.69) is 6.92 Å². The zero-order valence-electron chi connectivity index (χ0n) is 11.7. The Balaban J connectivity index is 0. The molecule has 0 bridgehead atoms. The summed E-state index contributed by atoms with van der Waals surface area (Å²) in [7, 11) is 0. The maximum absolute atomic E-state index is 10.9. The maximum Gasteiger partial charge on any atom is 2.00 e. The van der Waals surface area contributed by atoms with Gasteiger partial charge in [-0.1, -0.05) is 46.0 Å². The molecule has 0 saturated heterocycles. The quantitative estimate of drug-likeness (QED) is 0.337. The molecule has 1 atom stereocenters. The van der Waals surface area contributed by atoms with Crippen LogP contribution in [0.1, 0.15) is 59.3 Å². The molecule has 0 N–H and O–H groups in total. The van der Waals surface area contributed by atoms with Crippen LogP contribution in [-0.4, -0.2) is 35.0 Å². The van der Waals surface area contributed by atoms with Gasteiger partial charge in [-0.3, -0.25) is 0 Å². The van der Waals surface area contributed by atoms with Gasteiger partial charge < -0.3 is 19.8 Å². The molecule has 0 aliphatic heterocycles. The second-order valence-corrected chi connectivity index (χ2v) is 4.88. The van der Waals surface area contributed by atoms with Gasteiger partial charge in [0.15, 0.2) is 0 Å². The topological polar surface area (TPSA) is 80.3 Å². The van der Waals surface area contributed by atoms with Crippen LogP contribution in [0.2, 0.25) is 0 Å². The van der Waals surface area contributed by atoms with E-state index in [-0.39, 0.29) is 23.1 Å². The van der Waals surface area contributed by atoms with Crippen molar-refractivity contribution in [3.63, 3.8) is 0 Å². The van der Waals surface area contributed by atoms with E-state index < -0.39 is 23.3 Å². The number of carbonyl (C=O) groups is 2. The van der Waals surface area contributed by atoms with Crippen molar-refractivity contribution in [3.05, 3.63) is 0 Å². The number of hydrogen-bond donors (Lipinski definition) is 0. The molecular weight excluding hydrogens is 244 g/mol. The van der Waals surface area contributed by atoms with Crippen LogP contribution in [0.15, 0.2) is 0 Å². The van der Waals surface area contributed by atoms with Crippen molar-refractivity contribution in [1.82, 2.24) is 0 Å². The van der Waals surface area contributed by atoms with Crippen LogP contribution in [0, 0.1) is 11.3 Å². The molecule has 0 aromatic rings. The van der Waals surface area contributed by atoms with Crippen LogP contribution in [0.4, 0.5) is 0 Å². The molecule has 0 radical (unpaired) electrons. The summed E-state index contributed by atoms with van der Waals surface area (Å²) in [5.74, 6) is -3.59. The third-order valence-electron chi connectivity index (χ3n) is 3.57. The van der Waals surface area contributed by atoms with Gasteiger partial charge in [-0.2, -0.15) is 0 Å². The number of carbonyl (C=O) groups excluding carboxylic acids is 2. The number of carboxylic acids is 2. The van der Waals surface area contributed by atoms with Crippen LogP contribution < -0.4 is 10.2 Å². The van der Waals surface area contributed by atoms with E-state index in [0.717, 1.165) is 32.1 Å². The van der Waals surface area contributed by atoms with Gasteiger partial charge in [0.1, 0.15) is 0 Å². The fourth-order valence-corrected chi connectivity index (χ4v) is 1.83. The molecule has 4 nitrogen and oxygen atoms in total. The SMILES string of the molecule is CCCCCCCC(C)C(C)(C(=O)[O-])C(=O)[O-].[Mg+2]. The molecule has 5 heteroatoms. The molecule has 0 aromatic heterocycles. The molecule has 0 rings (SSSR count). The van der Waals surface area contributed by atoms with Crippen LogP contribution in [0.3, 0.4) is 0 Å². The van der Waals surface area contributed by atoms with E-state index in [1.165, 1.54) is 6.92 Å². The predicted molar refractivity (Wildman–Crippen MR) is 66.4 cm³/mol. The van der Waals surface area contributed by atoms with E-state index in [4.69, 9.17) is 0 Å². The maximum atomic E-state index is 10.9. The Morgan fingerprint density at radius 3 is 1.89 bits per heavy atom. The summed E-state index contributed by atoms with van der Waals surface area (Å²) < 4.78 is 0. The van der Waals surface area contributed by atoms with Gasteiger partial charge in [0.25, 0.3) is 0 Å². The molecule has 0 fully saturated rings. The number of carboxylic acid groups (broad SMARTS) is 2. The standard InChI is InChI=1S/C13H24O4.Mg/c1-4-5-6-7-8-9-10(2)13(3,11(14)15)12(16)17;/h10H,4-9H2,1-3H3,(H,14,15)(H,16,17);/q;+2/p-2. The van der Waals surface area contributed by atoms with Gasteiger partial charge in [-0.15, -0.1) is 0 Å². The summed E-state index contributed by atoms with van der Waals surface area (Å²) in [5, 5.41) is 21.8. The van der Waals surface area contributed by atoms with Gasteiger partial charge in [-0.05, 0) is 19.3 Å². The first-order valence-electron chi connectivity index (χ1n) is 6.30. The average molecular weight is 267 g/mol. The van der Waals surface area contributed by atoms with E-state index in [1.54, 1.807) is 6.92 Å². The van der Waals surface area contributed by atoms with Gasteiger partial charge in [-0.25, -0.2) is 0 Å². The van der Waals surface area contributed by atoms with Gasteiger partial charge in [0.05, 0.1) is 11.9 Å². The van der Waals surface area contributed by atoms with E-state index >= 15 is 0 Å². The van der Waals surface area contributed by atoms with Crippen molar-refractivity contribution in [1.29, 1.82) is 0 Å². The summed E-state index contributed by atoms with van der Waals surface area (Å²) in [6, 6.07) is 0. The summed E-state index contributed by atoms with van der Waals surface area (Å²) in [4.78, 5) is 21.8. The van der Waals surface area contributed by atoms with Gasteiger partial charge in [0.2, 0.25) is 0 Å². The van der Waals surface area contributed by atoms with Crippen molar-refractivity contribution in [3.8, 4) is 0 Å². The van der Waals surface area contributed by atoms with Crippen LogP contribution in [-0.2, 0) is 9.59 Å². The Hall–Kier alpha value is -0.294. The third-order valence-corrected chi connectivity index (χ3v) is 3.57. The van der Waals surface area contributed by atoms with E-state index in [9.17, 15) is 19.8 Å². The normalized spacial score (nSPS) is 12.6. The van der Waals surface area contributed by atoms with Crippen molar-refractivity contribution >= 4 is 35.0 Å². The van der Waals surface area contributed by atoms with Crippen LogP contribution in [0.25, 0.3) is 0 Å². The Morgan fingerprint density at radius 2 is 1.50 bits per heavy atom. The van der Waals surface area contributed by atoms with E-state index in [1.807, 2.05) is 0 Å². The minimum absolute atomic E-state index is 0. The van der Waals surface area contributed by atoms with Crippen LogP contribution >= 0.6 is 0 Å². The monoisotopic (exact) mass is 266 g/mol. The predicted octanol–water partition coefficient (Wildman–Crippen LogP) is 0.108. The first kappa shape index (κ1) is 20.0. The second kappa shape index (κ2) is 9.61.